The summed E-state index contributed by atoms with van der Waals surface area (Å²) in [6.45, 7) is 9.05. The molecule has 0 saturated heterocycles. The van der Waals surface area contributed by atoms with Crippen LogP contribution in [0.2, 0.25) is 25.7 Å². The molecule has 0 bridgehead atoms. The van der Waals surface area contributed by atoms with Gasteiger partial charge in [-0.1, -0.05) is 37.3 Å². The quantitative estimate of drug-likeness (QED) is 0.714. The predicted octanol–water partition coefficient (Wildman–Crippen LogP) is 2.49. The van der Waals surface area contributed by atoms with E-state index in [9.17, 15) is 0 Å². The van der Waals surface area contributed by atoms with Crippen molar-refractivity contribution in [2.45, 2.75) is 32.6 Å². The van der Waals surface area contributed by atoms with Crippen LogP contribution in [0.15, 0.2) is 30.3 Å². The Bertz CT molecular complexity index is 266. The summed E-state index contributed by atoms with van der Waals surface area (Å²) in [5.41, 5.74) is 0. The lowest BCUT2D eigenvalue weighted by atomic mass is 10.4. The molecule has 0 fully saturated rings. The molecule has 1 atom stereocenters. The lowest BCUT2D eigenvalue weighted by molar-refractivity contribution is 0.582. The monoisotopic (exact) mass is 224 g/mol. The van der Waals surface area contributed by atoms with Crippen LogP contribution in [0.4, 0.5) is 0 Å². The summed E-state index contributed by atoms with van der Waals surface area (Å²) in [4.78, 5) is 0. The summed E-state index contributed by atoms with van der Waals surface area (Å²) < 4.78 is 6.25. The van der Waals surface area contributed by atoms with Gasteiger partial charge in [0.1, 0.15) is 0 Å². The fourth-order valence-electron chi connectivity index (χ4n) is 1.48. The molecule has 3 heteroatoms. The van der Waals surface area contributed by atoms with Gasteiger partial charge in [-0.05, 0) is 30.9 Å². The average molecular weight is 224 g/mol. The standard InChI is InChI=1S/C11H20OSi2/c1-5-13(12-14(2,3)4)11-9-7-6-8-10-11/h6-10,13H,5H2,1-4H3. The third-order valence-corrected chi connectivity index (χ3v) is 7.87. The van der Waals surface area contributed by atoms with Crippen LogP contribution >= 0.6 is 0 Å². The molecular weight excluding hydrogens is 204 g/mol. The zero-order chi connectivity index (χ0) is 10.6. The molecule has 0 radical (unpaired) electrons. The maximum Gasteiger partial charge on any atom is 0.195 e. The van der Waals surface area contributed by atoms with Crippen LogP contribution in [0.25, 0.3) is 0 Å². The maximum absolute atomic E-state index is 6.25. The molecule has 78 valence electrons. The predicted molar refractivity (Wildman–Crippen MR) is 68.1 cm³/mol. The molecule has 1 aromatic rings. The molecule has 1 nitrogen and oxygen atoms in total. The van der Waals surface area contributed by atoms with Gasteiger partial charge in [0.2, 0.25) is 0 Å². The van der Waals surface area contributed by atoms with Crippen LogP contribution in [0.3, 0.4) is 0 Å². The molecule has 0 heterocycles. The van der Waals surface area contributed by atoms with Gasteiger partial charge in [0.15, 0.2) is 17.4 Å². The van der Waals surface area contributed by atoms with Gasteiger partial charge in [0.05, 0.1) is 0 Å². The van der Waals surface area contributed by atoms with Gasteiger partial charge in [0, 0.05) is 0 Å². The number of hydrogen-bond acceptors (Lipinski definition) is 1. The SMILES string of the molecule is CC[SiH](O[Si](C)(C)C)c1ccccc1. The molecule has 1 aromatic carbocycles. The molecule has 0 spiro atoms. The zero-order valence-electron chi connectivity index (χ0n) is 9.58. The van der Waals surface area contributed by atoms with Crippen molar-refractivity contribution in [1.29, 1.82) is 0 Å². The highest BCUT2D eigenvalue weighted by Gasteiger charge is 2.21. The number of rotatable bonds is 4. The fraction of sp³-hybridized carbons (Fsp3) is 0.455. The third-order valence-electron chi connectivity index (χ3n) is 2.04. The molecule has 0 aliphatic heterocycles. The first-order chi connectivity index (χ1) is 6.53. The molecule has 0 aromatic heterocycles. The Morgan fingerprint density at radius 2 is 1.71 bits per heavy atom. The second-order valence-corrected chi connectivity index (χ2v) is 12.2. The van der Waals surface area contributed by atoms with Crippen molar-refractivity contribution in [3.05, 3.63) is 30.3 Å². The van der Waals surface area contributed by atoms with Gasteiger partial charge >= 0.3 is 0 Å². The lowest BCUT2D eigenvalue weighted by Gasteiger charge is -2.25. The van der Waals surface area contributed by atoms with Crippen molar-refractivity contribution < 1.29 is 4.12 Å². The molecule has 0 aliphatic rings. The Morgan fingerprint density at radius 3 is 2.14 bits per heavy atom. The van der Waals surface area contributed by atoms with Crippen LogP contribution in [-0.4, -0.2) is 17.4 Å². The summed E-state index contributed by atoms with van der Waals surface area (Å²) in [7, 11) is -2.50. The average Bonchev–Trinajstić information content (AvgIpc) is 2.14. The highest BCUT2D eigenvalue weighted by Crippen LogP contribution is 2.07. The Kier molecular flexibility index (Phi) is 4.10. The molecule has 1 rings (SSSR count). The summed E-state index contributed by atoms with van der Waals surface area (Å²) in [6, 6.07) is 11.9. The normalized spacial score (nSPS) is 14.0. The maximum atomic E-state index is 6.25. The van der Waals surface area contributed by atoms with Crippen LogP contribution in [0.5, 0.6) is 0 Å². The van der Waals surface area contributed by atoms with Gasteiger partial charge in [-0.2, -0.15) is 0 Å². The van der Waals surface area contributed by atoms with E-state index in [1.54, 1.807) is 0 Å². The molecule has 0 aliphatic carbocycles. The topological polar surface area (TPSA) is 9.23 Å². The Labute approximate surface area is 90.0 Å². The van der Waals surface area contributed by atoms with E-state index in [4.69, 9.17) is 4.12 Å². The summed E-state index contributed by atoms with van der Waals surface area (Å²) in [6.07, 6.45) is 0. The van der Waals surface area contributed by atoms with Gasteiger partial charge in [0.25, 0.3) is 0 Å². The highest BCUT2D eigenvalue weighted by atomic mass is 28.4. The van der Waals surface area contributed by atoms with Gasteiger partial charge in [-0.25, -0.2) is 0 Å². The molecule has 0 N–H and O–H groups in total. The van der Waals surface area contributed by atoms with E-state index in [2.05, 4.69) is 56.9 Å². The largest absolute Gasteiger partial charge is 0.454 e. The van der Waals surface area contributed by atoms with E-state index in [0.717, 1.165) is 0 Å². The zero-order valence-corrected chi connectivity index (χ0v) is 11.7. The Balaban J connectivity index is 2.73. The minimum atomic E-state index is -1.36. The smallest absolute Gasteiger partial charge is 0.195 e. The van der Waals surface area contributed by atoms with Crippen molar-refractivity contribution in [3.63, 3.8) is 0 Å². The van der Waals surface area contributed by atoms with Crippen LogP contribution in [0.1, 0.15) is 6.92 Å². The van der Waals surface area contributed by atoms with E-state index in [-0.39, 0.29) is 0 Å². The van der Waals surface area contributed by atoms with E-state index < -0.39 is 17.4 Å². The van der Waals surface area contributed by atoms with Crippen molar-refractivity contribution in [2.75, 3.05) is 0 Å². The Morgan fingerprint density at radius 1 is 1.14 bits per heavy atom. The van der Waals surface area contributed by atoms with Crippen LogP contribution < -0.4 is 5.19 Å². The first-order valence-corrected chi connectivity index (χ1v) is 10.5. The molecular formula is C11H20OSi2. The minimum absolute atomic E-state index is 1.13. The van der Waals surface area contributed by atoms with E-state index in [1.807, 2.05) is 0 Å². The molecule has 1 unspecified atom stereocenters. The highest BCUT2D eigenvalue weighted by molar-refractivity contribution is 6.81. The Hall–Kier alpha value is -0.386. The lowest BCUT2D eigenvalue weighted by Crippen LogP contribution is -2.42. The van der Waals surface area contributed by atoms with Crippen LogP contribution in [-0.2, 0) is 4.12 Å². The number of hydrogen-bond donors (Lipinski definition) is 0. The van der Waals surface area contributed by atoms with Crippen molar-refractivity contribution in [3.8, 4) is 0 Å². The first kappa shape index (κ1) is 11.7. The minimum Gasteiger partial charge on any atom is -0.454 e. The summed E-state index contributed by atoms with van der Waals surface area (Å²) in [5, 5.41) is 1.44. The van der Waals surface area contributed by atoms with Crippen molar-refractivity contribution in [1.82, 2.24) is 0 Å². The van der Waals surface area contributed by atoms with E-state index in [0.29, 0.717) is 0 Å². The van der Waals surface area contributed by atoms with Gasteiger partial charge in [-0.3, -0.25) is 0 Å². The molecule has 0 amide bonds. The summed E-state index contributed by atoms with van der Waals surface area (Å²) in [5.74, 6) is 0. The second kappa shape index (κ2) is 4.91. The van der Waals surface area contributed by atoms with Gasteiger partial charge < -0.3 is 4.12 Å². The molecule has 14 heavy (non-hydrogen) atoms. The van der Waals surface area contributed by atoms with Crippen LogP contribution in [0, 0.1) is 0 Å². The second-order valence-electron chi connectivity index (χ2n) is 4.54. The summed E-state index contributed by atoms with van der Waals surface area (Å²) >= 11 is 0. The van der Waals surface area contributed by atoms with Crippen molar-refractivity contribution in [2.24, 2.45) is 0 Å². The molecule has 0 saturated carbocycles. The first-order valence-electron chi connectivity index (χ1n) is 5.25. The van der Waals surface area contributed by atoms with Crippen molar-refractivity contribution >= 4 is 22.5 Å². The fourth-order valence-corrected chi connectivity index (χ4v) is 7.23. The van der Waals surface area contributed by atoms with E-state index >= 15 is 0 Å². The van der Waals surface area contributed by atoms with Gasteiger partial charge in [-0.15, -0.1) is 0 Å². The third kappa shape index (κ3) is 3.78. The number of benzene rings is 1. The van der Waals surface area contributed by atoms with E-state index in [1.165, 1.54) is 11.2 Å².